The number of carbonyl (C=O) groups is 2. The van der Waals surface area contributed by atoms with Gasteiger partial charge in [-0.15, -0.1) is 0 Å². The normalized spacial score (nSPS) is 20.8. The predicted octanol–water partition coefficient (Wildman–Crippen LogP) is 5.55. The molecule has 0 radical (unpaired) electrons. The van der Waals surface area contributed by atoms with Crippen molar-refractivity contribution in [2.45, 2.75) is 11.3 Å². The van der Waals surface area contributed by atoms with E-state index in [-0.39, 0.29) is 17.6 Å². The van der Waals surface area contributed by atoms with E-state index >= 15 is 0 Å². The van der Waals surface area contributed by atoms with E-state index in [1.54, 1.807) is 16.8 Å². The molecule has 0 N–H and O–H groups in total. The number of ether oxygens (including phenoxy) is 1. The fourth-order valence-corrected chi connectivity index (χ4v) is 6.61. The smallest absolute Gasteiger partial charge is 0.365 e. The van der Waals surface area contributed by atoms with Gasteiger partial charge in [-0.25, -0.2) is 9.80 Å². The lowest BCUT2D eigenvalue weighted by Gasteiger charge is -2.38. The summed E-state index contributed by atoms with van der Waals surface area (Å²) in [5.74, 6) is -0.666. The molecule has 3 aromatic carbocycles. The maximum Gasteiger partial charge on any atom is 0.365 e. The van der Waals surface area contributed by atoms with Crippen molar-refractivity contribution >= 4 is 57.9 Å². The van der Waals surface area contributed by atoms with Gasteiger partial charge in [0, 0.05) is 5.69 Å². The van der Waals surface area contributed by atoms with Gasteiger partial charge in [-0.1, -0.05) is 78.5 Å². The number of hydrogen-bond acceptors (Lipinski definition) is 7. The molecule has 0 unspecified atom stereocenters. The average Bonchev–Trinajstić information content (AvgIpc) is 3.38. The number of nitrogens with zero attached hydrogens (tertiary/aromatic N) is 3. The van der Waals surface area contributed by atoms with Gasteiger partial charge in [0.1, 0.15) is 0 Å². The van der Waals surface area contributed by atoms with E-state index in [2.05, 4.69) is 5.10 Å². The number of anilines is 2. The number of para-hydroxylation sites is 2. The zero-order valence-corrected chi connectivity index (χ0v) is 20.0. The van der Waals surface area contributed by atoms with Crippen LogP contribution in [0, 0.1) is 0 Å². The van der Waals surface area contributed by atoms with E-state index in [0.717, 1.165) is 11.3 Å². The van der Waals surface area contributed by atoms with Crippen LogP contribution in [0.3, 0.4) is 0 Å². The lowest BCUT2D eigenvalue weighted by atomic mass is 10.2. The molecule has 34 heavy (non-hydrogen) atoms. The number of amides is 1. The first kappa shape index (κ1) is 22.3. The third-order valence-electron chi connectivity index (χ3n) is 5.19. The van der Waals surface area contributed by atoms with E-state index in [0.29, 0.717) is 10.6 Å². The first-order valence-electron chi connectivity index (χ1n) is 10.8. The van der Waals surface area contributed by atoms with Crippen molar-refractivity contribution in [2.24, 2.45) is 5.10 Å². The molecule has 0 bridgehead atoms. The van der Waals surface area contributed by atoms with Gasteiger partial charge in [-0.05, 0) is 54.6 Å². The number of esters is 1. The Morgan fingerprint density at radius 1 is 0.912 bits per heavy atom. The zero-order valence-electron chi connectivity index (χ0n) is 18.3. The largest absolute Gasteiger partial charge is 0.461 e. The number of benzene rings is 3. The molecule has 1 spiro atoms. The summed E-state index contributed by atoms with van der Waals surface area (Å²) in [6.45, 7) is 2.00. The Hall–Kier alpha value is -3.49. The van der Waals surface area contributed by atoms with Crippen LogP contribution in [0.4, 0.5) is 11.4 Å². The first-order valence-corrected chi connectivity index (χ1v) is 12.4. The molecule has 8 heteroatoms. The van der Waals surface area contributed by atoms with Crippen LogP contribution in [-0.4, -0.2) is 27.9 Å². The molecule has 5 rings (SSSR count). The van der Waals surface area contributed by atoms with Gasteiger partial charge in [0.15, 0.2) is 0 Å². The summed E-state index contributed by atoms with van der Waals surface area (Å²) in [5, 5.41) is 6.60. The molecule has 170 valence electrons. The Kier molecular flexibility index (Phi) is 6.17. The van der Waals surface area contributed by atoms with Crippen LogP contribution in [0.25, 0.3) is 6.08 Å². The Morgan fingerprint density at radius 2 is 1.50 bits per heavy atom. The fourth-order valence-electron chi connectivity index (χ4n) is 3.73. The lowest BCUT2D eigenvalue weighted by molar-refractivity contribution is -0.134. The monoisotopic (exact) mass is 487 g/mol. The molecule has 1 saturated heterocycles. The van der Waals surface area contributed by atoms with Crippen molar-refractivity contribution in [3.63, 3.8) is 0 Å². The molecule has 3 aromatic rings. The number of rotatable bonds is 5. The third-order valence-corrected chi connectivity index (χ3v) is 7.89. The van der Waals surface area contributed by atoms with Crippen molar-refractivity contribution in [3.8, 4) is 0 Å². The van der Waals surface area contributed by atoms with Crippen molar-refractivity contribution in [2.75, 3.05) is 16.5 Å². The highest BCUT2D eigenvalue weighted by atomic mass is 32.2. The Labute approximate surface area is 206 Å². The van der Waals surface area contributed by atoms with Crippen LogP contribution >= 0.6 is 23.5 Å². The minimum absolute atomic E-state index is 0.159. The molecule has 2 heterocycles. The molecule has 0 saturated carbocycles. The zero-order chi connectivity index (χ0) is 23.5. The molecule has 0 aromatic heterocycles. The van der Waals surface area contributed by atoms with Crippen LogP contribution in [0.1, 0.15) is 12.5 Å². The second-order valence-corrected chi connectivity index (χ2v) is 10.1. The molecule has 1 fully saturated rings. The highest BCUT2D eigenvalue weighted by molar-refractivity contribution is 8.29. The van der Waals surface area contributed by atoms with Gasteiger partial charge in [-0.2, -0.15) is 5.10 Å². The summed E-state index contributed by atoms with van der Waals surface area (Å²) in [4.78, 5) is 28.9. The molecule has 2 aliphatic rings. The number of hydrogen-bond donors (Lipinski definition) is 0. The molecular weight excluding hydrogens is 466 g/mol. The van der Waals surface area contributed by atoms with Crippen LogP contribution < -0.4 is 9.91 Å². The second kappa shape index (κ2) is 9.40. The summed E-state index contributed by atoms with van der Waals surface area (Å²) in [7, 11) is 0. The molecule has 0 aliphatic carbocycles. The van der Waals surface area contributed by atoms with Gasteiger partial charge in [0.25, 0.3) is 5.91 Å². The molecular formula is C26H21N3O3S2. The van der Waals surface area contributed by atoms with Crippen molar-refractivity contribution < 1.29 is 14.3 Å². The molecule has 6 nitrogen and oxygen atoms in total. The minimum atomic E-state index is -1.07. The van der Waals surface area contributed by atoms with Crippen molar-refractivity contribution in [1.29, 1.82) is 0 Å². The number of hydrazone groups is 1. The average molecular weight is 488 g/mol. The summed E-state index contributed by atoms with van der Waals surface area (Å²) >= 11 is 2.59. The number of carbonyl (C=O) groups excluding carboxylic acids is 2. The van der Waals surface area contributed by atoms with Gasteiger partial charge in [-0.3, -0.25) is 9.69 Å². The van der Waals surface area contributed by atoms with Crippen LogP contribution in [-0.2, 0) is 14.3 Å². The highest BCUT2D eigenvalue weighted by Gasteiger charge is 2.60. The van der Waals surface area contributed by atoms with E-state index in [1.165, 1.54) is 23.5 Å². The lowest BCUT2D eigenvalue weighted by Crippen LogP contribution is -2.51. The van der Waals surface area contributed by atoms with Crippen LogP contribution in [0.2, 0.25) is 0 Å². The Bertz CT molecular complexity index is 1270. The van der Waals surface area contributed by atoms with E-state index in [4.69, 9.17) is 4.74 Å². The third kappa shape index (κ3) is 3.99. The molecule has 1 atom stereocenters. The van der Waals surface area contributed by atoms with E-state index in [9.17, 15) is 9.59 Å². The first-order chi connectivity index (χ1) is 16.6. The summed E-state index contributed by atoms with van der Waals surface area (Å²) < 4.78 is 4.19. The summed E-state index contributed by atoms with van der Waals surface area (Å²) in [5.41, 5.74) is 2.39. The minimum Gasteiger partial charge on any atom is -0.461 e. The SMILES string of the molecule is CCOC(=O)C1=NN(c2ccccc2)[C@]2(S1)S/C(=C\c1ccccc1)C(=O)N2c1ccccc1. The summed E-state index contributed by atoms with van der Waals surface area (Å²) in [6.07, 6.45) is 1.88. The van der Waals surface area contributed by atoms with Gasteiger partial charge < -0.3 is 4.74 Å². The van der Waals surface area contributed by atoms with Crippen molar-refractivity contribution in [1.82, 2.24) is 0 Å². The Morgan fingerprint density at radius 3 is 2.12 bits per heavy atom. The highest BCUT2D eigenvalue weighted by Crippen LogP contribution is 2.59. The predicted molar refractivity (Wildman–Crippen MR) is 139 cm³/mol. The van der Waals surface area contributed by atoms with E-state index < -0.39 is 10.3 Å². The van der Waals surface area contributed by atoms with Crippen LogP contribution in [0.5, 0.6) is 0 Å². The fraction of sp³-hybridized carbons (Fsp3) is 0.115. The van der Waals surface area contributed by atoms with Gasteiger partial charge in [0.05, 0.1) is 17.2 Å². The van der Waals surface area contributed by atoms with Gasteiger partial charge in [0.2, 0.25) is 9.37 Å². The van der Waals surface area contributed by atoms with E-state index in [1.807, 2.05) is 97.1 Å². The molecule has 2 aliphatic heterocycles. The standard InChI is InChI=1S/C26H21N3O3S2/c1-2-32-25(31)23-27-29(21-16-10-5-11-17-21)26(34-23)28(20-14-8-4-9-15-20)24(30)22(33-26)18-19-12-6-3-7-13-19/h3-18H,2H2,1H3/b22-18-/t26-/m0/s1. The topological polar surface area (TPSA) is 62.2 Å². The van der Waals surface area contributed by atoms with Crippen LogP contribution in [0.15, 0.2) is 101 Å². The maximum absolute atomic E-state index is 13.9. The maximum atomic E-state index is 13.9. The quantitative estimate of drug-likeness (QED) is 0.347. The van der Waals surface area contributed by atoms with Crippen molar-refractivity contribution in [3.05, 3.63) is 101 Å². The molecule has 1 amide bonds. The second-order valence-electron chi connectivity index (χ2n) is 7.42. The Balaban J connectivity index is 1.67. The number of thioether (sulfide) groups is 2. The van der Waals surface area contributed by atoms with Gasteiger partial charge >= 0.3 is 5.97 Å². The summed E-state index contributed by atoms with van der Waals surface area (Å²) in [6, 6.07) is 28.7.